The first-order valence-electron chi connectivity index (χ1n) is 12.8. The molecule has 0 bridgehead atoms. The van der Waals surface area contributed by atoms with Crippen LogP contribution in [0.3, 0.4) is 0 Å². The van der Waals surface area contributed by atoms with Crippen molar-refractivity contribution in [1.82, 2.24) is 0 Å². The number of aryl methyl sites for hydroxylation is 1. The lowest BCUT2D eigenvalue weighted by Crippen LogP contribution is -2.67. The minimum Gasteiger partial charge on any atom is -0.405 e. The van der Waals surface area contributed by atoms with Crippen LogP contribution < -0.4 is 10.4 Å². The van der Waals surface area contributed by atoms with Gasteiger partial charge in [-0.15, -0.1) is 0 Å². The van der Waals surface area contributed by atoms with Crippen LogP contribution in [0.4, 0.5) is 0 Å². The number of hydrogen-bond donors (Lipinski definition) is 0. The smallest absolute Gasteiger partial charge is 0.261 e. The number of Topliss-reactive ketones (excluding diaryl/α,β-unsaturated/α-hetero) is 1. The first kappa shape index (κ1) is 25.6. The topological polar surface area (TPSA) is 35.5 Å². The quantitative estimate of drug-likeness (QED) is 0.391. The average molecular weight is 487 g/mol. The Morgan fingerprint density at radius 1 is 0.857 bits per heavy atom. The van der Waals surface area contributed by atoms with Crippen molar-refractivity contribution < 1.29 is 14.0 Å². The maximum atomic E-state index is 12.9. The predicted molar refractivity (Wildman–Crippen MR) is 146 cm³/mol. The van der Waals surface area contributed by atoms with E-state index >= 15 is 0 Å². The van der Waals surface area contributed by atoms with Crippen LogP contribution >= 0.6 is 0 Å². The van der Waals surface area contributed by atoms with Crippen LogP contribution in [0.25, 0.3) is 0 Å². The van der Waals surface area contributed by atoms with Crippen LogP contribution in [-0.2, 0) is 20.4 Å². The molecule has 3 atom stereocenters. The lowest BCUT2D eigenvalue weighted by molar-refractivity contribution is -0.152. The van der Waals surface area contributed by atoms with Crippen LogP contribution in [0.5, 0.6) is 0 Å². The van der Waals surface area contributed by atoms with E-state index in [1.165, 1.54) is 15.9 Å². The normalized spacial score (nSPS) is 21.1. The van der Waals surface area contributed by atoms with Gasteiger partial charge >= 0.3 is 0 Å². The summed E-state index contributed by atoms with van der Waals surface area (Å²) in [5.74, 6) is 0.208. The lowest BCUT2D eigenvalue weighted by atomic mass is 9.89. The van der Waals surface area contributed by atoms with Gasteiger partial charge in [-0.2, -0.15) is 0 Å². The Labute approximate surface area is 211 Å². The van der Waals surface area contributed by atoms with Crippen molar-refractivity contribution in [3.05, 3.63) is 96.6 Å². The fourth-order valence-corrected chi connectivity index (χ4v) is 10.0. The highest BCUT2D eigenvalue weighted by atomic mass is 28.4. The van der Waals surface area contributed by atoms with E-state index in [2.05, 4.69) is 93.6 Å². The minimum absolute atomic E-state index is 0.0164. The van der Waals surface area contributed by atoms with E-state index in [0.29, 0.717) is 19.4 Å². The molecule has 0 amide bonds. The van der Waals surface area contributed by atoms with E-state index in [1.807, 2.05) is 25.1 Å². The van der Waals surface area contributed by atoms with Crippen molar-refractivity contribution in [2.45, 2.75) is 64.2 Å². The molecule has 4 rings (SSSR count). The molecule has 3 aromatic rings. The van der Waals surface area contributed by atoms with Crippen molar-refractivity contribution in [1.29, 1.82) is 0 Å². The summed E-state index contributed by atoms with van der Waals surface area (Å²) < 4.78 is 13.5. The van der Waals surface area contributed by atoms with Gasteiger partial charge in [0.25, 0.3) is 8.32 Å². The second-order valence-corrected chi connectivity index (χ2v) is 15.1. The van der Waals surface area contributed by atoms with Crippen molar-refractivity contribution in [3.63, 3.8) is 0 Å². The van der Waals surface area contributed by atoms with Crippen LogP contribution in [0.1, 0.15) is 46.1 Å². The summed E-state index contributed by atoms with van der Waals surface area (Å²) in [7, 11) is -2.63. The first-order chi connectivity index (χ1) is 16.8. The number of rotatable bonds is 8. The van der Waals surface area contributed by atoms with Gasteiger partial charge in [0.1, 0.15) is 6.10 Å². The van der Waals surface area contributed by atoms with Gasteiger partial charge in [0.05, 0.1) is 12.7 Å². The Kier molecular flexibility index (Phi) is 8.05. The second kappa shape index (κ2) is 11.0. The first-order valence-corrected chi connectivity index (χ1v) is 14.7. The lowest BCUT2D eigenvalue weighted by Gasteiger charge is -2.44. The van der Waals surface area contributed by atoms with Gasteiger partial charge in [-0.1, -0.05) is 119 Å². The Morgan fingerprint density at radius 2 is 1.37 bits per heavy atom. The number of ether oxygens (including phenoxy) is 1. The molecule has 3 aromatic carbocycles. The summed E-state index contributed by atoms with van der Waals surface area (Å²) >= 11 is 0. The van der Waals surface area contributed by atoms with E-state index in [9.17, 15) is 4.79 Å². The molecule has 0 radical (unpaired) electrons. The second-order valence-electron chi connectivity index (χ2n) is 10.8. The van der Waals surface area contributed by atoms with Crippen LogP contribution in [0, 0.1) is 5.92 Å². The largest absolute Gasteiger partial charge is 0.405 e. The van der Waals surface area contributed by atoms with Gasteiger partial charge in [0.15, 0.2) is 5.78 Å². The number of ketones is 1. The molecule has 1 aliphatic heterocycles. The molecule has 0 aromatic heterocycles. The van der Waals surface area contributed by atoms with Crippen molar-refractivity contribution in [3.8, 4) is 0 Å². The zero-order valence-corrected chi connectivity index (χ0v) is 22.4. The molecule has 1 fully saturated rings. The summed E-state index contributed by atoms with van der Waals surface area (Å²) in [6, 6.07) is 31.7. The Hall–Kier alpha value is -2.53. The van der Waals surface area contributed by atoms with E-state index < -0.39 is 8.32 Å². The monoisotopic (exact) mass is 486 g/mol. The molecule has 3 nitrogen and oxygen atoms in total. The molecule has 35 heavy (non-hydrogen) atoms. The van der Waals surface area contributed by atoms with Gasteiger partial charge in [-0.05, 0) is 40.2 Å². The molecule has 0 spiro atoms. The summed E-state index contributed by atoms with van der Waals surface area (Å²) in [5.41, 5.74) is 1.24. The van der Waals surface area contributed by atoms with E-state index in [4.69, 9.17) is 9.16 Å². The maximum absolute atomic E-state index is 12.9. The van der Waals surface area contributed by atoms with Crippen LogP contribution in [0.2, 0.25) is 5.04 Å². The number of hydrogen-bond acceptors (Lipinski definition) is 3. The zero-order valence-electron chi connectivity index (χ0n) is 21.4. The van der Waals surface area contributed by atoms with E-state index in [0.717, 1.165) is 6.42 Å². The fourth-order valence-electron chi connectivity index (χ4n) is 5.42. The van der Waals surface area contributed by atoms with E-state index in [1.54, 1.807) is 0 Å². The predicted octanol–water partition coefficient (Wildman–Crippen LogP) is 5.56. The standard InChI is InChI=1S/C31H38O3Si/c1-24-22-26(34-29(30(24)32)21-20-25-14-8-5-9-15-25)23-33-35(31(2,3)4,27-16-10-6-11-17-27)28-18-12-7-13-19-28/h5-19,24,26,29H,20-23H2,1-4H3/t24-,26-,29-/m0/s1. The highest BCUT2D eigenvalue weighted by molar-refractivity contribution is 6.99. The SMILES string of the molecule is C[C@H]1C[C@@H](CO[Si](c2ccccc2)(c2ccccc2)C(C)(C)C)O[C@@H](CCc2ccccc2)C1=O. The van der Waals surface area contributed by atoms with E-state index in [-0.39, 0.29) is 28.9 Å². The van der Waals surface area contributed by atoms with Crippen molar-refractivity contribution in [2.75, 3.05) is 6.61 Å². The Bertz CT molecular complexity index is 1040. The minimum atomic E-state index is -2.63. The van der Waals surface area contributed by atoms with Crippen LogP contribution in [0.15, 0.2) is 91.0 Å². The number of benzene rings is 3. The van der Waals surface area contributed by atoms with Gasteiger partial charge < -0.3 is 9.16 Å². The highest BCUT2D eigenvalue weighted by Crippen LogP contribution is 2.37. The third-order valence-corrected chi connectivity index (χ3v) is 12.2. The molecular formula is C31H38O3Si. The molecule has 1 heterocycles. The molecular weight excluding hydrogens is 448 g/mol. The van der Waals surface area contributed by atoms with Gasteiger partial charge in [-0.25, -0.2) is 0 Å². The molecule has 1 saturated heterocycles. The number of carbonyl (C=O) groups is 1. The molecule has 1 aliphatic rings. The maximum Gasteiger partial charge on any atom is 0.261 e. The third kappa shape index (κ3) is 5.66. The molecule has 0 saturated carbocycles. The summed E-state index contributed by atoms with van der Waals surface area (Å²) in [5, 5.41) is 2.44. The average Bonchev–Trinajstić information content (AvgIpc) is 2.86. The van der Waals surface area contributed by atoms with Gasteiger partial charge in [0.2, 0.25) is 0 Å². The summed E-state index contributed by atoms with van der Waals surface area (Å²) in [6.45, 7) is 9.39. The van der Waals surface area contributed by atoms with Crippen molar-refractivity contribution in [2.24, 2.45) is 5.92 Å². The molecule has 184 valence electrons. The Balaban J connectivity index is 1.57. The molecule has 0 aliphatic carbocycles. The molecule has 0 unspecified atom stereocenters. The highest BCUT2D eigenvalue weighted by Gasteiger charge is 2.50. The Morgan fingerprint density at radius 3 is 1.89 bits per heavy atom. The summed E-state index contributed by atoms with van der Waals surface area (Å²) in [6.07, 6.45) is 1.80. The van der Waals surface area contributed by atoms with Crippen molar-refractivity contribution >= 4 is 24.5 Å². The molecule has 0 N–H and O–H groups in total. The fraction of sp³-hybridized carbons (Fsp3) is 0.387. The molecule has 4 heteroatoms. The van der Waals surface area contributed by atoms with Gasteiger partial charge in [0, 0.05) is 5.92 Å². The zero-order chi connectivity index (χ0) is 24.9. The summed E-state index contributed by atoms with van der Waals surface area (Å²) in [4.78, 5) is 12.9. The number of carbonyl (C=O) groups excluding carboxylic acids is 1. The van der Waals surface area contributed by atoms with Gasteiger partial charge in [-0.3, -0.25) is 4.79 Å². The third-order valence-electron chi connectivity index (χ3n) is 7.22. The van der Waals surface area contributed by atoms with Crippen LogP contribution in [-0.4, -0.2) is 32.9 Å².